The van der Waals surface area contributed by atoms with Crippen molar-refractivity contribution in [3.05, 3.63) is 24.1 Å². The molecule has 17 heavy (non-hydrogen) atoms. The molecule has 1 heterocycles. The maximum absolute atomic E-state index is 5.83. The molecule has 2 aromatic rings. The largest absolute Gasteiger partial charge is 0.441 e. The predicted octanol–water partition coefficient (Wildman–Crippen LogP) is 0.858. The number of likely N-dealkylation sites (N-methyl/N-ethyl adjacent to an activating group) is 1. The van der Waals surface area contributed by atoms with Gasteiger partial charge in [-0.1, -0.05) is 0 Å². The summed E-state index contributed by atoms with van der Waals surface area (Å²) in [6.45, 7) is 3.04. The number of anilines is 1. The SMILES string of the molecule is Cc1nc2cc(N(C)CC(N)CN)ccc2o1. The van der Waals surface area contributed by atoms with Crippen LogP contribution in [0.25, 0.3) is 11.1 Å². The van der Waals surface area contributed by atoms with Crippen molar-refractivity contribution in [1.82, 2.24) is 4.98 Å². The Labute approximate surface area is 100 Å². The summed E-state index contributed by atoms with van der Waals surface area (Å²) in [5, 5.41) is 0. The minimum atomic E-state index is -0.0188. The molecule has 5 heteroatoms. The lowest BCUT2D eigenvalue weighted by Crippen LogP contribution is -2.40. The number of hydrogen-bond donors (Lipinski definition) is 2. The molecule has 0 radical (unpaired) electrons. The summed E-state index contributed by atoms with van der Waals surface area (Å²) in [7, 11) is 1.99. The van der Waals surface area contributed by atoms with Crippen molar-refractivity contribution in [3.8, 4) is 0 Å². The molecule has 0 fully saturated rings. The van der Waals surface area contributed by atoms with Gasteiger partial charge in [-0.05, 0) is 18.2 Å². The number of oxazole rings is 1. The van der Waals surface area contributed by atoms with Gasteiger partial charge >= 0.3 is 0 Å². The van der Waals surface area contributed by atoms with Crippen LogP contribution in [0, 0.1) is 6.92 Å². The summed E-state index contributed by atoms with van der Waals surface area (Å²) in [5.74, 6) is 0.679. The number of aromatic nitrogens is 1. The third-order valence-corrected chi connectivity index (χ3v) is 2.73. The van der Waals surface area contributed by atoms with Crippen LogP contribution in [0.4, 0.5) is 5.69 Å². The van der Waals surface area contributed by atoms with Gasteiger partial charge in [-0.3, -0.25) is 0 Å². The van der Waals surface area contributed by atoms with E-state index >= 15 is 0 Å². The normalized spacial score (nSPS) is 12.9. The molecule has 1 aromatic carbocycles. The zero-order valence-corrected chi connectivity index (χ0v) is 10.2. The molecule has 0 saturated carbocycles. The van der Waals surface area contributed by atoms with Crippen LogP contribution in [0.5, 0.6) is 0 Å². The molecule has 4 N–H and O–H groups in total. The second-order valence-electron chi connectivity index (χ2n) is 4.26. The number of benzene rings is 1. The van der Waals surface area contributed by atoms with Crippen molar-refractivity contribution < 1.29 is 4.42 Å². The Kier molecular flexibility index (Phi) is 3.31. The maximum Gasteiger partial charge on any atom is 0.192 e. The monoisotopic (exact) mass is 234 g/mol. The van der Waals surface area contributed by atoms with Gasteiger partial charge in [-0.2, -0.15) is 0 Å². The van der Waals surface area contributed by atoms with Crippen LogP contribution >= 0.6 is 0 Å². The Morgan fingerprint density at radius 2 is 2.24 bits per heavy atom. The Morgan fingerprint density at radius 1 is 1.47 bits per heavy atom. The van der Waals surface area contributed by atoms with E-state index in [9.17, 15) is 0 Å². The van der Waals surface area contributed by atoms with E-state index in [0.29, 0.717) is 12.4 Å². The first kappa shape index (κ1) is 11.9. The lowest BCUT2D eigenvalue weighted by atomic mass is 10.2. The van der Waals surface area contributed by atoms with Crippen LogP contribution in [0.15, 0.2) is 22.6 Å². The van der Waals surface area contributed by atoms with Crippen LogP contribution in [0.2, 0.25) is 0 Å². The number of nitrogens with two attached hydrogens (primary N) is 2. The first-order valence-corrected chi connectivity index (χ1v) is 5.64. The van der Waals surface area contributed by atoms with Crippen molar-refractivity contribution in [2.24, 2.45) is 11.5 Å². The fraction of sp³-hybridized carbons (Fsp3) is 0.417. The first-order chi connectivity index (χ1) is 8.10. The van der Waals surface area contributed by atoms with Gasteiger partial charge in [0, 0.05) is 38.8 Å². The maximum atomic E-state index is 5.83. The Balaban J connectivity index is 2.23. The minimum absolute atomic E-state index is 0.0188. The number of aryl methyl sites for hydroxylation is 1. The fourth-order valence-corrected chi connectivity index (χ4v) is 1.80. The van der Waals surface area contributed by atoms with E-state index in [1.165, 1.54) is 0 Å². The molecule has 2 rings (SSSR count). The van der Waals surface area contributed by atoms with E-state index in [1.54, 1.807) is 0 Å². The second kappa shape index (κ2) is 4.73. The molecule has 1 atom stereocenters. The van der Waals surface area contributed by atoms with E-state index in [4.69, 9.17) is 15.9 Å². The van der Waals surface area contributed by atoms with Crippen molar-refractivity contribution >= 4 is 16.8 Å². The van der Waals surface area contributed by atoms with E-state index in [-0.39, 0.29) is 6.04 Å². The van der Waals surface area contributed by atoms with Crippen LogP contribution in [-0.4, -0.2) is 31.2 Å². The highest BCUT2D eigenvalue weighted by Gasteiger charge is 2.08. The summed E-state index contributed by atoms with van der Waals surface area (Å²) in [5.41, 5.74) is 14.1. The summed E-state index contributed by atoms with van der Waals surface area (Å²) in [6.07, 6.45) is 0. The number of nitrogens with zero attached hydrogens (tertiary/aromatic N) is 2. The topological polar surface area (TPSA) is 81.3 Å². The van der Waals surface area contributed by atoms with Gasteiger partial charge in [0.25, 0.3) is 0 Å². The lowest BCUT2D eigenvalue weighted by molar-refractivity contribution is 0.561. The molecule has 0 amide bonds. The minimum Gasteiger partial charge on any atom is -0.441 e. The summed E-state index contributed by atoms with van der Waals surface area (Å²) >= 11 is 0. The molecule has 0 aliphatic heterocycles. The molecule has 92 valence electrons. The third-order valence-electron chi connectivity index (χ3n) is 2.73. The fourth-order valence-electron chi connectivity index (χ4n) is 1.80. The van der Waals surface area contributed by atoms with E-state index in [0.717, 1.165) is 23.3 Å². The number of rotatable bonds is 4. The van der Waals surface area contributed by atoms with E-state index < -0.39 is 0 Å². The van der Waals surface area contributed by atoms with Crippen molar-refractivity contribution in [1.29, 1.82) is 0 Å². The van der Waals surface area contributed by atoms with Crippen LogP contribution < -0.4 is 16.4 Å². The predicted molar refractivity (Wildman–Crippen MR) is 69.0 cm³/mol. The Bertz CT molecular complexity index is 508. The van der Waals surface area contributed by atoms with Gasteiger partial charge in [0.15, 0.2) is 11.5 Å². The molecule has 0 aliphatic carbocycles. The van der Waals surface area contributed by atoms with Gasteiger partial charge in [0.1, 0.15) is 5.52 Å². The highest BCUT2D eigenvalue weighted by Crippen LogP contribution is 2.21. The summed E-state index contributed by atoms with van der Waals surface area (Å²) < 4.78 is 5.43. The van der Waals surface area contributed by atoms with Crippen LogP contribution in [0.1, 0.15) is 5.89 Å². The third kappa shape index (κ3) is 2.57. The molecule has 0 aliphatic rings. The smallest absolute Gasteiger partial charge is 0.192 e. The van der Waals surface area contributed by atoms with Crippen molar-refractivity contribution in [3.63, 3.8) is 0 Å². The van der Waals surface area contributed by atoms with Gasteiger partial charge in [-0.15, -0.1) is 0 Å². The van der Waals surface area contributed by atoms with Gasteiger partial charge in [0.2, 0.25) is 0 Å². The van der Waals surface area contributed by atoms with Crippen molar-refractivity contribution in [2.45, 2.75) is 13.0 Å². The first-order valence-electron chi connectivity index (χ1n) is 5.64. The molecule has 0 bridgehead atoms. The van der Waals surface area contributed by atoms with Crippen LogP contribution in [0.3, 0.4) is 0 Å². The molecule has 1 aromatic heterocycles. The van der Waals surface area contributed by atoms with Crippen LogP contribution in [-0.2, 0) is 0 Å². The standard InChI is InChI=1S/C12H18N4O/c1-8-15-11-5-10(3-4-12(11)17-8)16(2)7-9(14)6-13/h3-5,9H,6-7,13-14H2,1-2H3. The van der Waals surface area contributed by atoms with E-state index in [2.05, 4.69) is 9.88 Å². The number of fused-ring (bicyclic) bond motifs is 1. The average Bonchev–Trinajstić information content (AvgIpc) is 2.67. The molecule has 0 spiro atoms. The molecule has 0 saturated heterocycles. The highest BCUT2D eigenvalue weighted by molar-refractivity contribution is 5.77. The summed E-state index contributed by atoms with van der Waals surface area (Å²) in [6, 6.07) is 5.90. The second-order valence-corrected chi connectivity index (χ2v) is 4.26. The van der Waals surface area contributed by atoms with Gasteiger partial charge in [-0.25, -0.2) is 4.98 Å². The van der Waals surface area contributed by atoms with Gasteiger partial charge < -0.3 is 20.8 Å². The van der Waals surface area contributed by atoms with Gasteiger partial charge in [0.05, 0.1) is 0 Å². The Hall–Kier alpha value is -1.59. The quantitative estimate of drug-likeness (QED) is 0.820. The zero-order chi connectivity index (χ0) is 12.4. The number of hydrogen-bond acceptors (Lipinski definition) is 5. The van der Waals surface area contributed by atoms with Crippen molar-refractivity contribution in [2.75, 3.05) is 25.0 Å². The zero-order valence-electron chi connectivity index (χ0n) is 10.2. The highest BCUT2D eigenvalue weighted by atomic mass is 16.3. The molecule has 1 unspecified atom stereocenters. The summed E-state index contributed by atoms with van der Waals surface area (Å²) in [4.78, 5) is 6.38. The lowest BCUT2D eigenvalue weighted by Gasteiger charge is -2.22. The Morgan fingerprint density at radius 3 is 2.94 bits per heavy atom. The van der Waals surface area contributed by atoms with E-state index in [1.807, 2.05) is 32.2 Å². The average molecular weight is 234 g/mol. The molecule has 5 nitrogen and oxygen atoms in total. The molecular weight excluding hydrogens is 216 g/mol. The molecular formula is C12H18N4O.